The molecule has 0 spiro atoms. The van der Waals surface area contributed by atoms with E-state index in [9.17, 15) is 0 Å². The van der Waals surface area contributed by atoms with Gasteiger partial charge in [-0.1, -0.05) is 6.07 Å². The number of aromatic nitrogens is 2. The minimum atomic E-state index is 0.0703. The molecule has 1 aliphatic rings. The number of benzene rings is 1. The van der Waals surface area contributed by atoms with E-state index in [4.69, 9.17) is 14.7 Å². The quantitative estimate of drug-likeness (QED) is 0.814. The van der Waals surface area contributed by atoms with Crippen molar-refractivity contribution in [3.63, 3.8) is 0 Å². The Kier molecular flexibility index (Phi) is 5.47. The predicted octanol–water partition coefficient (Wildman–Crippen LogP) is 2.23. The van der Waals surface area contributed by atoms with Crippen molar-refractivity contribution in [1.29, 1.82) is 5.26 Å². The molecule has 126 valence electrons. The Labute approximate surface area is 142 Å². The molecule has 1 aliphatic heterocycles. The van der Waals surface area contributed by atoms with Gasteiger partial charge < -0.3 is 9.47 Å². The third-order valence-corrected chi connectivity index (χ3v) is 4.14. The summed E-state index contributed by atoms with van der Waals surface area (Å²) in [7, 11) is 0. The van der Waals surface area contributed by atoms with Crippen LogP contribution in [0.25, 0.3) is 0 Å². The van der Waals surface area contributed by atoms with Crippen LogP contribution in [-0.2, 0) is 11.3 Å². The van der Waals surface area contributed by atoms with E-state index >= 15 is 0 Å². The lowest BCUT2D eigenvalue weighted by Gasteiger charge is -2.32. The minimum absolute atomic E-state index is 0.0703. The topological polar surface area (TPSA) is 63.3 Å². The van der Waals surface area contributed by atoms with Crippen LogP contribution in [0.5, 0.6) is 5.75 Å². The number of aryl methyl sites for hydroxylation is 1. The first-order valence-electron chi connectivity index (χ1n) is 8.27. The van der Waals surface area contributed by atoms with E-state index in [0.717, 1.165) is 37.5 Å². The highest BCUT2D eigenvalue weighted by molar-refractivity contribution is 5.36. The highest BCUT2D eigenvalue weighted by Crippen LogP contribution is 2.21. The van der Waals surface area contributed by atoms with Crippen molar-refractivity contribution in [2.45, 2.75) is 19.6 Å². The van der Waals surface area contributed by atoms with Gasteiger partial charge in [0.05, 0.1) is 30.5 Å². The molecule has 2 heterocycles. The Bertz CT molecular complexity index is 707. The summed E-state index contributed by atoms with van der Waals surface area (Å²) in [6.07, 6.45) is 4.01. The Morgan fingerprint density at radius 1 is 1.46 bits per heavy atom. The van der Waals surface area contributed by atoms with Crippen LogP contribution in [0.2, 0.25) is 0 Å². The van der Waals surface area contributed by atoms with Crippen LogP contribution >= 0.6 is 0 Å². The lowest BCUT2D eigenvalue weighted by atomic mass is 10.1. The third-order valence-electron chi connectivity index (χ3n) is 4.14. The zero-order valence-electron chi connectivity index (χ0n) is 13.9. The lowest BCUT2D eigenvalue weighted by Crippen LogP contribution is -2.40. The average Bonchev–Trinajstić information content (AvgIpc) is 3.11. The Hall–Kier alpha value is -2.36. The summed E-state index contributed by atoms with van der Waals surface area (Å²) < 4.78 is 13.6. The van der Waals surface area contributed by atoms with E-state index in [0.29, 0.717) is 18.8 Å². The molecule has 0 bridgehead atoms. The molecular formula is C18H22N4O2. The van der Waals surface area contributed by atoms with Crippen LogP contribution in [0.3, 0.4) is 0 Å². The molecule has 1 atom stereocenters. The Balaban J connectivity index is 1.49. The molecule has 1 aromatic heterocycles. The van der Waals surface area contributed by atoms with Gasteiger partial charge in [-0.05, 0) is 25.1 Å². The van der Waals surface area contributed by atoms with Crippen LogP contribution in [0, 0.1) is 11.3 Å². The van der Waals surface area contributed by atoms with E-state index in [-0.39, 0.29) is 6.10 Å². The van der Waals surface area contributed by atoms with Gasteiger partial charge in [-0.15, -0.1) is 0 Å². The second-order valence-corrected chi connectivity index (χ2v) is 5.78. The number of rotatable bonds is 6. The van der Waals surface area contributed by atoms with Crippen LogP contribution in [-0.4, -0.2) is 47.5 Å². The average molecular weight is 326 g/mol. The van der Waals surface area contributed by atoms with Gasteiger partial charge in [0.1, 0.15) is 12.4 Å². The molecule has 0 unspecified atom stereocenters. The van der Waals surface area contributed by atoms with Gasteiger partial charge in [-0.3, -0.25) is 9.58 Å². The third kappa shape index (κ3) is 4.13. The predicted molar refractivity (Wildman–Crippen MR) is 89.7 cm³/mol. The molecule has 0 saturated carbocycles. The number of nitrogens with zero attached hydrogens (tertiary/aromatic N) is 4. The summed E-state index contributed by atoms with van der Waals surface area (Å²) in [5.41, 5.74) is 1.75. The molecule has 6 heteroatoms. The smallest absolute Gasteiger partial charge is 0.120 e. The standard InChI is InChI=1S/C18H22N4O2/c1-2-22-13-16(12-20-22)18-14-21(7-9-24-18)6-8-23-17-5-3-4-15(10-17)11-19/h3-5,10,12-13,18H,2,6-9,14H2,1H3/t18-/m0/s1. The molecular weight excluding hydrogens is 304 g/mol. The molecule has 0 aliphatic carbocycles. The van der Waals surface area contributed by atoms with Crippen molar-refractivity contribution < 1.29 is 9.47 Å². The molecule has 0 N–H and O–H groups in total. The van der Waals surface area contributed by atoms with E-state index < -0.39 is 0 Å². The summed E-state index contributed by atoms with van der Waals surface area (Å²) >= 11 is 0. The fraction of sp³-hybridized carbons (Fsp3) is 0.444. The van der Waals surface area contributed by atoms with Gasteiger partial charge in [0, 0.05) is 37.9 Å². The van der Waals surface area contributed by atoms with E-state index in [2.05, 4.69) is 29.2 Å². The number of ether oxygens (including phenoxy) is 2. The molecule has 0 radical (unpaired) electrons. The molecule has 6 nitrogen and oxygen atoms in total. The molecule has 1 saturated heterocycles. The maximum atomic E-state index is 8.91. The first kappa shape index (κ1) is 16.5. The number of morpholine rings is 1. The first-order chi connectivity index (χ1) is 11.8. The molecule has 2 aromatic rings. The molecule has 3 rings (SSSR count). The largest absolute Gasteiger partial charge is 0.492 e. The summed E-state index contributed by atoms with van der Waals surface area (Å²) in [5, 5.41) is 13.2. The van der Waals surface area contributed by atoms with Gasteiger partial charge in [-0.25, -0.2) is 0 Å². The lowest BCUT2D eigenvalue weighted by molar-refractivity contribution is -0.0329. The zero-order chi connectivity index (χ0) is 16.8. The zero-order valence-corrected chi connectivity index (χ0v) is 13.9. The summed E-state index contributed by atoms with van der Waals surface area (Å²) in [5.74, 6) is 0.739. The van der Waals surface area contributed by atoms with E-state index in [1.807, 2.05) is 23.0 Å². The fourth-order valence-corrected chi connectivity index (χ4v) is 2.77. The molecule has 0 amide bonds. The minimum Gasteiger partial charge on any atom is -0.492 e. The Morgan fingerprint density at radius 2 is 2.38 bits per heavy atom. The second-order valence-electron chi connectivity index (χ2n) is 5.78. The van der Waals surface area contributed by atoms with Gasteiger partial charge in [-0.2, -0.15) is 10.4 Å². The monoisotopic (exact) mass is 326 g/mol. The number of nitriles is 1. The van der Waals surface area contributed by atoms with Gasteiger partial charge in [0.2, 0.25) is 0 Å². The molecule has 1 aromatic carbocycles. The van der Waals surface area contributed by atoms with E-state index in [1.165, 1.54) is 0 Å². The normalized spacial score (nSPS) is 18.2. The van der Waals surface area contributed by atoms with Crippen molar-refractivity contribution in [2.75, 3.05) is 32.8 Å². The number of hydrogen-bond donors (Lipinski definition) is 0. The second kappa shape index (κ2) is 7.95. The maximum Gasteiger partial charge on any atom is 0.120 e. The van der Waals surface area contributed by atoms with Gasteiger partial charge in [0.15, 0.2) is 0 Å². The number of hydrogen-bond acceptors (Lipinski definition) is 5. The SMILES string of the molecule is CCn1cc([C@@H]2CN(CCOc3cccc(C#N)c3)CCO2)cn1. The summed E-state index contributed by atoms with van der Waals surface area (Å²) in [4.78, 5) is 2.34. The van der Waals surface area contributed by atoms with Gasteiger partial charge in [0.25, 0.3) is 0 Å². The van der Waals surface area contributed by atoms with Crippen LogP contribution in [0.4, 0.5) is 0 Å². The van der Waals surface area contributed by atoms with Crippen molar-refractivity contribution >= 4 is 0 Å². The fourth-order valence-electron chi connectivity index (χ4n) is 2.77. The van der Waals surface area contributed by atoms with Crippen molar-refractivity contribution in [2.24, 2.45) is 0 Å². The summed E-state index contributed by atoms with van der Waals surface area (Å²) in [6.45, 7) is 6.83. The first-order valence-corrected chi connectivity index (χ1v) is 8.27. The highest BCUT2D eigenvalue weighted by atomic mass is 16.5. The van der Waals surface area contributed by atoms with Crippen LogP contribution < -0.4 is 4.74 Å². The Morgan fingerprint density at radius 3 is 3.17 bits per heavy atom. The maximum absolute atomic E-state index is 8.91. The highest BCUT2D eigenvalue weighted by Gasteiger charge is 2.22. The van der Waals surface area contributed by atoms with Crippen molar-refractivity contribution in [3.8, 4) is 11.8 Å². The van der Waals surface area contributed by atoms with Crippen molar-refractivity contribution in [3.05, 3.63) is 47.8 Å². The van der Waals surface area contributed by atoms with Crippen molar-refractivity contribution in [1.82, 2.24) is 14.7 Å². The van der Waals surface area contributed by atoms with Gasteiger partial charge >= 0.3 is 0 Å². The molecule has 1 fully saturated rings. The van der Waals surface area contributed by atoms with E-state index in [1.54, 1.807) is 12.1 Å². The summed E-state index contributed by atoms with van der Waals surface area (Å²) in [6, 6.07) is 9.38. The van der Waals surface area contributed by atoms with Crippen LogP contribution in [0.15, 0.2) is 36.7 Å². The van der Waals surface area contributed by atoms with Crippen LogP contribution in [0.1, 0.15) is 24.2 Å². The molecule has 24 heavy (non-hydrogen) atoms.